The van der Waals surface area contributed by atoms with Crippen molar-refractivity contribution in [1.82, 2.24) is 20.1 Å². The Hall–Kier alpha value is -2.52. The number of pyridine rings is 1. The summed E-state index contributed by atoms with van der Waals surface area (Å²) >= 11 is 0. The summed E-state index contributed by atoms with van der Waals surface area (Å²) in [5.41, 5.74) is 7.72. The lowest BCUT2D eigenvalue weighted by molar-refractivity contribution is 0.0751. The third kappa shape index (κ3) is 2.75. The molecule has 9 heteroatoms. The molecule has 2 aliphatic heterocycles. The molecule has 0 bridgehead atoms. The molecule has 0 spiro atoms. The summed E-state index contributed by atoms with van der Waals surface area (Å²) in [7, 11) is 1.77. The van der Waals surface area contributed by atoms with Crippen molar-refractivity contribution < 1.29 is 13.9 Å². The first-order chi connectivity index (χ1) is 12.0. The topological polar surface area (TPSA) is 107 Å². The zero-order valence-electron chi connectivity index (χ0n) is 13.8. The fourth-order valence-corrected chi connectivity index (χ4v) is 3.24. The Morgan fingerprint density at radius 1 is 1.52 bits per heavy atom. The molecule has 1 fully saturated rings. The van der Waals surface area contributed by atoms with Gasteiger partial charge in [-0.3, -0.25) is 9.48 Å². The highest BCUT2D eigenvalue weighted by Gasteiger charge is 2.32. The number of hydrogen-bond donors (Lipinski definition) is 3. The lowest BCUT2D eigenvalue weighted by Crippen LogP contribution is -2.48. The van der Waals surface area contributed by atoms with E-state index in [-0.39, 0.29) is 35.9 Å². The molecule has 0 saturated carbocycles. The van der Waals surface area contributed by atoms with Crippen molar-refractivity contribution in [2.75, 3.05) is 18.5 Å². The van der Waals surface area contributed by atoms with Gasteiger partial charge in [0.1, 0.15) is 0 Å². The third-order valence-corrected chi connectivity index (χ3v) is 4.59. The number of aryl methyl sites for hydroxylation is 1. The molecular weight excluding hydrogens is 327 g/mol. The maximum absolute atomic E-state index is 14.9. The summed E-state index contributed by atoms with van der Waals surface area (Å²) < 4.78 is 21.9. The van der Waals surface area contributed by atoms with E-state index in [1.54, 1.807) is 24.1 Å². The van der Waals surface area contributed by atoms with Crippen molar-refractivity contribution >= 4 is 11.7 Å². The number of ether oxygens (including phenoxy) is 1. The van der Waals surface area contributed by atoms with Crippen LogP contribution in [0.25, 0.3) is 11.3 Å². The van der Waals surface area contributed by atoms with Crippen LogP contribution in [0.3, 0.4) is 0 Å². The number of nitrogens with one attached hydrogen (secondary N) is 2. The number of rotatable bonds is 3. The van der Waals surface area contributed by atoms with Crippen LogP contribution < -0.4 is 16.4 Å². The number of anilines is 1. The van der Waals surface area contributed by atoms with Crippen molar-refractivity contribution in [3.8, 4) is 11.3 Å². The van der Waals surface area contributed by atoms with E-state index < -0.39 is 5.82 Å². The molecule has 4 N–H and O–H groups in total. The van der Waals surface area contributed by atoms with Crippen molar-refractivity contribution in [2.24, 2.45) is 12.8 Å². The second-order valence-corrected chi connectivity index (χ2v) is 6.34. The number of nitrogens with two attached hydrogens (primary N) is 1. The number of hydrogen-bond acceptors (Lipinski definition) is 6. The molecule has 1 saturated heterocycles. The highest BCUT2D eigenvalue weighted by Crippen LogP contribution is 2.33. The smallest absolute Gasteiger partial charge is 0.254 e. The number of fused-ring (bicyclic) bond motifs is 1. The van der Waals surface area contributed by atoms with Gasteiger partial charge in [0.2, 0.25) is 0 Å². The summed E-state index contributed by atoms with van der Waals surface area (Å²) in [5, 5.41) is 9.88. The van der Waals surface area contributed by atoms with Crippen molar-refractivity contribution in [3.05, 3.63) is 29.3 Å². The predicted octanol–water partition coefficient (Wildman–Crippen LogP) is 0.393. The molecule has 1 amide bonds. The molecule has 0 unspecified atom stereocenters. The Morgan fingerprint density at radius 3 is 3.08 bits per heavy atom. The van der Waals surface area contributed by atoms with Crippen molar-refractivity contribution in [1.29, 1.82) is 0 Å². The van der Waals surface area contributed by atoms with Gasteiger partial charge in [0.15, 0.2) is 11.6 Å². The molecule has 0 aliphatic carbocycles. The number of halogens is 1. The van der Waals surface area contributed by atoms with E-state index >= 15 is 0 Å². The fraction of sp³-hybridized carbons (Fsp3) is 0.438. The highest BCUT2D eigenvalue weighted by atomic mass is 19.1. The highest BCUT2D eigenvalue weighted by molar-refractivity contribution is 6.04. The molecule has 132 valence electrons. The van der Waals surface area contributed by atoms with Crippen LogP contribution in [0.2, 0.25) is 0 Å². The van der Waals surface area contributed by atoms with Crippen LogP contribution in [-0.2, 0) is 18.3 Å². The van der Waals surface area contributed by atoms with Gasteiger partial charge in [0, 0.05) is 49.6 Å². The van der Waals surface area contributed by atoms with E-state index in [9.17, 15) is 9.18 Å². The van der Waals surface area contributed by atoms with Crippen LogP contribution in [0, 0.1) is 5.82 Å². The molecule has 2 aromatic heterocycles. The quantitative estimate of drug-likeness (QED) is 0.742. The normalized spacial score (nSPS) is 22.6. The van der Waals surface area contributed by atoms with Crippen LogP contribution in [0.15, 0.2) is 12.4 Å². The lowest BCUT2D eigenvalue weighted by atomic mass is 10.0. The Labute approximate surface area is 143 Å². The number of carbonyl (C=O) groups excluding carboxylic acids is 1. The first kappa shape index (κ1) is 16.0. The van der Waals surface area contributed by atoms with Crippen LogP contribution in [-0.4, -0.2) is 46.0 Å². The minimum atomic E-state index is -0.514. The van der Waals surface area contributed by atoms with Crippen LogP contribution in [0.5, 0.6) is 0 Å². The number of nitrogens with zero attached hydrogens (tertiary/aromatic N) is 3. The molecule has 0 aromatic carbocycles. The third-order valence-electron chi connectivity index (χ3n) is 4.59. The number of aromatic nitrogens is 3. The van der Waals surface area contributed by atoms with Gasteiger partial charge >= 0.3 is 0 Å². The SMILES string of the molecule is Cn1cc(-c2nc(N[C@@H]3CCOC[C@@H]3N)c(F)c3c2C(=O)NC3)cn1. The molecule has 25 heavy (non-hydrogen) atoms. The van der Waals surface area contributed by atoms with E-state index in [4.69, 9.17) is 10.5 Å². The fourth-order valence-electron chi connectivity index (χ4n) is 3.24. The van der Waals surface area contributed by atoms with Gasteiger partial charge in [0.05, 0.1) is 24.1 Å². The number of carbonyl (C=O) groups is 1. The molecule has 2 aromatic rings. The van der Waals surface area contributed by atoms with Crippen LogP contribution >= 0.6 is 0 Å². The van der Waals surface area contributed by atoms with Crippen molar-refractivity contribution in [2.45, 2.75) is 25.0 Å². The zero-order valence-corrected chi connectivity index (χ0v) is 13.8. The van der Waals surface area contributed by atoms with Crippen molar-refractivity contribution in [3.63, 3.8) is 0 Å². The standard InChI is InChI=1S/C16H19FN6O2/c1-23-6-8(4-20-23)14-12-9(5-19-16(12)24)13(17)15(22-14)21-11-2-3-25-7-10(11)18/h4,6,10-11H,2-3,5,7,18H2,1H3,(H,19,24)(H,21,22)/t10-,11+/m0/s1. The average molecular weight is 346 g/mol. The van der Waals surface area contributed by atoms with Crippen LogP contribution in [0.1, 0.15) is 22.3 Å². The minimum absolute atomic E-state index is 0.108. The number of amides is 1. The van der Waals surface area contributed by atoms with Gasteiger partial charge < -0.3 is 21.1 Å². The van der Waals surface area contributed by atoms with Crippen LogP contribution in [0.4, 0.5) is 10.2 Å². The largest absolute Gasteiger partial charge is 0.380 e. The maximum Gasteiger partial charge on any atom is 0.254 e. The monoisotopic (exact) mass is 346 g/mol. The minimum Gasteiger partial charge on any atom is -0.380 e. The predicted molar refractivity (Wildman–Crippen MR) is 88.4 cm³/mol. The Bertz CT molecular complexity index is 836. The molecule has 2 atom stereocenters. The zero-order chi connectivity index (χ0) is 17.6. The van der Waals surface area contributed by atoms with Gasteiger partial charge in [0.25, 0.3) is 5.91 Å². The Balaban J connectivity index is 1.79. The van der Waals surface area contributed by atoms with E-state index in [1.807, 2.05) is 0 Å². The second kappa shape index (κ2) is 6.08. The van der Waals surface area contributed by atoms with Gasteiger partial charge in [-0.15, -0.1) is 0 Å². The molecule has 0 radical (unpaired) electrons. The average Bonchev–Trinajstić information content (AvgIpc) is 3.19. The second-order valence-electron chi connectivity index (χ2n) is 6.34. The molecule has 8 nitrogen and oxygen atoms in total. The first-order valence-corrected chi connectivity index (χ1v) is 8.14. The van der Waals surface area contributed by atoms with E-state index in [2.05, 4.69) is 20.7 Å². The van der Waals surface area contributed by atoms with Gasteiger partial charge in [-0.1, -0.05) is 0 Å². The van der Waals surface area contributed by atoms with Gasteiger partial charge in [-0.05, 0) is 6.42 Å². The summed E-state index contributed by atoms with van der Waals surface area (Å²) in [5.74, 6) is -0.731. The molecule has 2 aliphatic rings. The van der Waals surface area contributed by atoms with Gasteiger partial charge in [-0.25, -0.2) is 9.37 Å². The van der Waals surface area contributed by atoms with Gasteiger partial charge in [-0.2, -0.15) is 5.10 Å². The summed E-state index contributed by atoms with van der Waals surface area (Å²) in [6, 6.07) is -0.384. The summed E-state index contributed by atoms with van der Waals surface area (Å²) in [4.78, 5) is 16.6. The molecule has 4 rings (SSSR count). The molecular formula is C16H19FN6O2. The lowest BCUT2D eigenvalue weighted by Gasteiger charge is -2.30. The van der Waals surface area contributed by atoms with E-state index in [1.165, 1.54) is 0 Å². The molecule has 4 heterocycles. The first-order valence-electron chi connectivity index (χ1n) is 8.14. The summed E-state index contributed by atoms with van der Waals surface area (Å²) in [6.07, 6.45) is 4.02. The Morgan fingerprint density at radius 2 is 2.36 bits per heavy atom. The Kier molecular flexibility index (Phi) is 3.89. The van der Waals surface area contributed by atoms with E-state index in [0.29, 0.717) is 36.5 Å². The van der Waals surface area contributed by atoms with E-state index in [0.717, 1.165) is 0 Å². The summed E-state index contributed by atoms with van der Waals surface area (Å²) in [6.45, 7) is 1.12. The maximum atomic E-state index is 14.9.